The van der Waals surface area contributed by atoms with Gasteiger partial charge >= 0.3 is 0 Å². The lowest BCUT2D eigenvalue weighted by molar-refractivity contribution is 0.633. The third-order valence-corrected chi connectivity index (χ3v) is 9.85. The highest BCUT2D eigenvalue weighted by Crippen LogP contribution is 2.52. The van der Waals surface area contributed by atoms with Crippen molar-refractivity contribution in [2.24, 2.45) is 0 Å². The predicted molar refractivity (Wildman–Crippen MR) is 179 cm³/mol. The molecule has 1 aliphatic carbocycles. The van der Waals surface area contributed by atoms with Crippen LogP contribution in [0.1, 0.15) is 25.0 Å². The molecule has 0 spiro atoms. The van der Waals surface area contributed by atoms with Crippen LogP contribution >= 0.6 is 0 Å². The van der Waals surface area contributed by atoms with E-state index >= 15 is 0 Å². The van der Waals surface area contributed by atoms with Crippen molar-refractivity contribution in [1.82, 2.24) is 0 Å². The number of rotatable bonds is 1. The molecule has 0 saturated heterocycles. The molecule has 0 unspecified atom stereocenters. The van der Waals surface area contributed by atoms with Crippen molar-refractivity contribution in [3.63, 3.8) is 0 Å². The molecule has 0 bridgehead atoms. The smallest absolute Gasteiger partial charge is 0.179 e. The van der Waals surface area contributed by atoms with Crippen molar-refractivity contribution in [2.75, 3.05) is 0 Å². The van der Waals surface area contributed by atoms with Crippen LogP contribution in [0, 0.1) is 0 Å². The van der Waals surface area contributed by atoms with Gasteiger partial charge in [0.05, 0.1) is 0 Å². The Balaban J connectivity index is 1.23. The monoisotopic (exact) mass is 550 g/mol. The van der Waals surface area contributed by atoms with Crippen LogP contribution in [0.15, 0.2) is 130 Å². The highest BCUT2D eigenvalue weighted by molar-refractivity contribution is 6.33. The highest BCUT2D eigenvalue weighted by Gasteiger charge is 2.36. The SMILES string of the molecule is CC1(C)c2cc(-c3ccc4oc5c6oc7ccccc7c6c6ccccc6c5c4c3)ccc2-c2c1ccc1ccccc21. The largest absolute Gasteiger partial charge is 0.452 e. The first-order valence-corrected chi connectivity index (χ1v) is 14.9. The zero-order valence-corrected chi connectivity index (χ0v) is 23.9. The van der Waals surface area contributed by atoms with Crippen LogP contribution in [0.3, 0.4) is 0 Å². The Bertz CT molecular complexity index is 2640. The summed E-state index contributed by atoms with van der Waals surface area (Å²) in [5.41, 5.74) is 11.2. The second-order valence-electron chi connectivity index (χ2n) is 12.5. The van der Waals surface area contributed by atoms with E-state index in [1.54, 1.807) is 0 Å². The van der Waals surface area contributed by atoms with Crippen LogP contribution in [0.4, 0.5) is 0 Å². The molecule has 2 aromatic heterocycles. The quantitative estimate of drug-likeness (QED) is 0.203. The highest BCUT2D eigenvalue weighted by atomic mass is 16.4. The van der Waals surface area contributed by atoms with Crippen LogP contribution in [-0.4, -0.2) is 0 Å². The van der Waals surface area contributed by atoms with Crippen molar-refractivity contribution < 1.29 is 8.83 Å². The van der Waals surface area contributed by atoms with E-state index in [1.165, 1.54) is 54.9 Å². The van der Waals surface area contributed by atoms with Crippen molar-refractivity contribution in [3.8, 4) is 22.3 Å². The van der Waals surface area contributed by atoms with Gasteiger partial charge in [0, 0.05) is 27.0 Å². The van der Waals surface area contributed by atoms with Gasteiger partial charge in [-0.2, -0.15) is 0 Å². The van der Waals surface area contributed by atoms with Crippen molar-refractivity contribution in [1.29, 1.82) is 0 Å². The standard InChI is InChI=1S/C41H26O2/c1-41(2)32-19-16-23-9-3-4-10-26(23)36(32)29-18-15-25(22-33(29)41)24-17-20-35-31(21-24)38-28-12-6-5-11-27(28)37-30-13-7-8-14-34(30)42-39(37)40(38)43-35/h3-22H,1-2H3. The van der Waals surface area contributed by atoms with Crippen LogP contribution in [0.2, 0.25) is 0 Å². The molecule has 10 rings (SSSR count). The Hall–Kier alpha value is -5.34. The fraction of sp³-hybridized carbons (Fsp3) is 0.0732. The molecule has 2 heteroatoms. The summed E-state index contributed by atoms with van der Waals surface area (Å²) in [6.45, 7) is 4.71. The lowest BCUT2D eigenvalue weighted by Crippen LogP contribution is -2.15. The van der Waals surface area contributed by atoms with E-state index < -0.39 is 0 Å². The van der Waals surface area contributed by atoms with Gasteiger partial charge in [-0.15, -0.1) is 0 Å². The Morgan fingerprint density at radius 1 is 0.465 bits per heavy atom. The van der Waals surface area contributed by atoms with Crippen molar-refractivity contribution >= 4 is 65.4 Å². The van der Waals surface area contributed by atoms with E-state index in [4.69, 9.17) is 8.83 Å². The summed E-state index contributed by atoms with van der Waals surface area (Å²) in [6, 6.07) is 43.8. The van der Waals surface area contributed by atoms with Gasteiger partial charge in [0.25, 0.3) is 0 Å². The summed E-state index contributed by atoms with van der Waals surface area (Å²) in [5, 5.41) is 9.44. The average molecular weight is 551 g/mol. The first-order valence-electron chi connectivity index (χ1n) is 14.9. The van der Waals surface area contributed by atoms with Crippen molar-refractivity contribution in [2.45, 2.75) is 19.3 Å². The molecular weight excluding hydrogens is 524 g/mol. The van der Waals surface area contributed by atoms with Crippen LogP contribution in [0.25, 0.3) is 87.7 Å². The van der Waals surface area contributed by atoms with E-state index in [2.05, 4.69) is 123 Å². The van der Waals surface area contributed by atoms with Crippen LogP contribution < -0.4 is 0 Å². The van der Waals surface area contributed by atoms with E-state index in [9.17, 15) is 0 Å². The van der Waals surface area contributed by atoms with Gasteiger partial charge in [0.2, 0.25) is 0 Å². The van der Waals surface area contributed by atoms with Gasteiger partial charge < -0.3 is 8.83 Å². The molecule has 43 heavy (non-hydrogen) atoms. The molecule has 0 saturated carbocycles. The molecule has 1 aliphatic rings. The molecule has 0 fully saturated rings. The second-order valence-corrected chi connectivity index (χ2v) is 12.5. The topological polar surface area (TPSA) is 26.3 Å². The number of benzene rings is 7. The fourth-order valence-corrected chi connectivity index (χ4v) is 7.78. The lowest BCUT2D eigenvalue weighted by atomic mass is 9.81. The molecule has 2 nitrogen and oxygen atoms in total. The van der Waals surface area contributed by atoms with Gasteiger partial charge in [-0.1, -0.05) is 111 Å². The summed E-state index contributed by atoms with van der Waals surface area (Å²) in [6.07, 6.45) is 0. The maximum absolute atomic E-state index is 6.59. The minimum Gasteiger partial charge on any atom is -0.452 e. The molecule has 0 aliphatic heterocycles. The number of hydrogen-bond acceptors (Lipinski definition) is 2. The Morgan fingerprint density at radius 2 is 1.07 bits per heavy atom. The molecule has 2 heterocycles. The van der Waals surface area contributed by atoms with E-state index in [0.29, 0.717) is 0 Å². The van der Waals surface area contributed by atoms with Gasteiger partial charge in [-0.05, 0) is 79.2 Å². The lowest BCUT2D eigenvalue weighted by Gasteiger charge is -2.22. The van der Waals surface area contributed by atoms with Gasteiger partial charge in [0.1, 0.15) is 11.2 Å². The molecule has 0 N–H and O–H groups in total. The molecule has 202 valence electrons. The summed E-state index contributed by atoms with van der Waals surface area (Å²) < 4.78 is 13.0. The van der Waals surface area contributed by atoms with Gasteiger partial charge in [-0.3, -0.25) is 0 Å². The normalized spacial score (nSPS) is 14.0. The number of para-hydroxylation sites is 1. The van der Waals surface area contributed by atoms with Gasteiger partial charge in [-0.25, -0.2) is 0 Å². The van der Waals surface area contributed by atoms with Gasteiger partial charge in [0.15, 0.2) is 11.2 Å². The molecule has 0 amide bonds. The molecular formula is C41H26O2. The molecule has 0 radical (unpaired) electrons. The Morgan fingerprint density at radius 3 is 1.86 bits per heavy atom. The van der Waals surface area contributed by atoms with Crippen LogP contribution in [0.5, 0.6) is 0 Å². The van der Waals surface area contributed by atoms with E-state index in [1.807, 2.05) is 12.1 Å². The third kappa shape index (κ3) is 2.93. The summed E-state index contributed by atoms with van der Waals surface area (Å²) in [4.78, 5) is 0. The Labute approximate surface area is 247 Å². The maximum atomic E-state index is 6.59. The summed E-state index contributed by atoms with van der Waals surface area (Å²) in [5.74, 6) is 0. The third-order valence-electron chi connectivity index (χ3n) is 9.85. The fourth-order valence-electron chi connectivity index (χ4n) is 7.78. The number of furan rings is 2. The minimum absolute atomic E-state index is 0.0831. The number of hydrogen-bond donors (Lipinski definition) is 0. The molecule has 9 aromatic rings. The predicted octanol–water partition coefficient (Wildman–Crippen LogP) is 11.8. The van der Waals surface area contributed by atoms with E-state index in [0.717, 1.165) is 43.9 Å². The molecule has 0 atom stereocenters. The summed E-state index contributed by atoms with van der Waals surface area (Å²) >= 11 is 0. The average Bonchev–Trinajstić information content (AvgIpc) is 3.69. The first-order chi connectivity index (χ1) is 21.1. The number of fused-ring (bicyclic) bond motifs is 15. The summed E-state index contributed by atoms with van der Waals surface area (Å²) in [7, 11) is 0. The Kier molecular flexibility index (Phi) is 4.29. The first kappa shape index (κ1) is 23.2. The minimum atomic E-state index is -0.0831. The molecule has 7 aromatic carbocycles. The van der Waals surface area contributed by atoms with Crippen molar-refractivity contribution in [3.05, 3.63) is 132 Å². The van der Waals surface area contributed by atoms with Crippen LogP contribution in [-0.2, 0) is 5.41 Å². The zero-order chi connectivity index (χ0) is 28.4. The maximum Gasteiger partial charge on any atom is 0.179 e. The zero-order valence-electron chi connectivity index (χ0n) is 23.9. The second kappa shape index (κ2) is 7.93. The van der Waals surface area contributed by atoms with E-state index in [-0.39, 0.29) is 5.41 Å².